The average molecular weight is 248 g/mol. The average Bonchev–Trinajstić information content (AvgIpc) is 2.31. The molecule has 1 unspecified atom stereocenters. The summed E-state index contributed by atoms with van der Waals surface area (Å²) >= 11 is 0. The zero-order valence-corrected chi connectivity index (χ0v) is 12.4. The fourth-order valence-corrected chi connectivity index (χ4v) is 2.22. The Labute approximate surface area is 112 Å². The molecule has 0 spiro atoms. The predicted molar refractivity (Wildman–Crippen MR) is 81.3 cm³/mol. The number of benzene rings is 1. The van der Waals surface area contributed by atoms with Gasteiger partial charge in [-0.2, -0.15) is 0 Å². The van der Waals surface area contributed by atoms with Crippen LogP contribution in [0.1, 0.15) is 44.2 Å². The van der Waals surface area contributed by atoms with Crippen molar-refractivity contribution in [2.24, 2.45) is 5.73 Å². The molecular weight excluding hydrogens is 220 g/mol. The van der Waals surface area contributed by atoms with Crippen molar-refractivity contribution >= 4 is 5.69 Å². The minimum atomic E-state index is 0.233. The van der Waals surface area contributed by atoms with Crippen LogP contribution < -0.4 is 10.6 Å². The van der Waals surface area contributed by atoms with Crippen molar-refractivity contribution in [2.75, 3.05) is 18.5 Å². The van der Waals surface area contributed by atoms with Gasteiger partial charge in [-0.1, -0.05) is 25.8 Å². The highest BCUT2D eigenvalue weighted by atomic mass is 15.1. The predicted octanol–water partition coefficient (Wildman–Crippen LogP) is 3.51. The topological polar surface area (TPSA) is 29.3 Å². The van der Waals surface area contributed by atoms with Crippen molar-refractivity contribution in [1.29, 1.82) is 0 Å². The molecule has 0 amide bonds. The number of hydrogen-bond donors (Lipinski definition) is 1. The van der Waals surface area contributed by atoms with E-state index in [0.717, 1.165) is 13.0 Å². The van der Waals surface area contributed by atoms with Gasteiger partial charge in [0.05, 0.1) is 0 Å². The van der Waals surface area contributed by atoms with E-state index in [1.54, 1.807) is 0 Å². The fourth-order valence-electron chi connectivity index (χ4n) is 2.22. The van der Waals surface area contributed by atoms with Crippen molar-refractivity contribution in [3.05, 3.63) is 29.3 Å². The van der Waals surface area contributed by atoms with Crippen molar-refractivity contribution < 1.29 is 0 Å². The lowest BCUT2D eigenvalue weighted by Crippen LogP contribution is -2.20. The van der Waals surface area contributed by atoms with Gasteiger partial charge in [0.25, 0.3) is 0 Å². The van der Waals surface area contributed by atoms with E-state index in [4.69, 9.17) is 5.73 Å². The van der Waals surface area contributed by atoms with Gasteiger partial charge in [-0.05, 0) is 49.9 Å². The van der Waals surface area contributed by atoms with Crippen LogP contribution in [0.3, 0.4) is 0 Å². The van der Waals surface area contributed by atoms with Crippen molar-refractivity contribution in [3.8, 4) is 0 Å². The highest BCUT2D eigenvalue weighted by Gasteiger charge is 2.05. The second-order valence-electron chi connectivity index (χ2n) is 5.42. The van der Waals surface area contributed by atoms with E-state index in [-0.39, 0.29) is 6.04 Å². The van der Waals surface area contributed by atoms with Gasteiger partial charge >= 0.3 is 0 Å². The molecule has 0 bridgehead atoms. The summed E-state index contributed by atoms with van der Waals surface area (Å²) in [6.45, 7) is 7.62. The first-order valence-electron chi connectivity index (χ1n) is 7.10. The Balaban J connectivity index is 2.65. The molecule has 1 aromatic carbocycles. The minimum Gasteiger partial charge on any atom is -0.375 e. The van der Waals surface area contributed by atoms with Crippen LogP contribution in [-0.4, -0.2) is 19.6 Å². The molecule has 1 aromatic rings. The quantitative estimate of drug-likeness (QED) is 0.748. The second-order valence-corrected chi connectivity index (χ2v) is 5.42. The van der Waals surface area contributed by atoms with Gasteiger partial charge in [0.2, 0.25) is 0 Å². The van der Waals surface area contributed by atoms with E-state index in [1.807, 2.05) is 0 Å². The molecule has 0 aromatic heterocycles. The summed E-state index contributed by atoms with van der Waals surface area (Å²) in [4.78, 5) is 2.35. The van der Waals surface area contributed by atoms with E-state index < -0.39 is 0 Å². The first-order chi connectivity index (χ1) is 8.54. The van der Waals surface area contributed by atoms with Gasteiger partial charge in [-0.15, -0.1) is 0 Å². The summed E-state index contributed by atoms with van der Waals surface area (Å²) < 4.78 is 0. The Morgan fingerprint density at radius 1 is 1.28 bits per heavy atom. The van der Waals surface area contributed by atoms with Crippen LogP contribution in [-0.2, 0) is 6.42 Å². The summed E-state index contributed by atoms with van der Waals surface area (Å²) in [6.07, 6.45) is 4.82. The summed E-state index contributed by atoms with van der Waals surface area (Å²) in [5.41, 5.74) is 9.90. The molecule has 2 N–H and O–H groups in total. The molecule has 2 heteroatoms. The molecule has 0 saturated heterocycles. The summed E-state index contributed by atoms with van der Waals surface area (Å²) in [6, 6.07) is 6.96. The summed E-state index contributed by atoms with van der Waals surface area (Å²) in [5, 5.41) is 0. The standard InChI is InChI=1S/C16H28N2/c1-5-6-7-10-18(4)16-9-8-15(12-14(3)17)13(2)11-16/h8-9,11,14H,5-7,10,12,17H2,1-4H3. The first-order valence-corrected chi connectivity index (χ1v) is 7.10. The fraction of sp³-hybridized carbons (Fsp3) is 0.625. The minimum absolute atomic E-state index is 0.233. The van der Waals surface area contributed by atoms with Crippen LogP contribution in [0.4, 0.5) is 5.69 Å². The zero-order chi connectivity index (χ0) is 13.5. The smallest absolute Gasteiger partial charge is 0.0366 e. The normalized spacial score (nSPS) is 12.5. The number of nitrogens with two attached hydrogens (primary N) is 1. The highest BCUT2D eigenvalue weighted by molar-refractivity contribution is 5.50. The molecule has 0 aliphatic rings. The Bertz CT molecular complexity index is 358. The largest absolute Gasteiger partial charge is 0.375 e. The molecule has 0 radical (unpaired) electrons. The zero-order valence-electron chi connectivity index (χ0n) is 12.4. The van der Waals surface area contributed by atoms with Gasteiger partial charge in [-0.3, -0.25) is 0 Å². The maximum absolute atomic E-state index is 5.86. The van der Waals surface area contributed by atoms with Gasteiger partial charge in [0.1, 0.15) is 0 Å². The van der Waals surface area contributed by atoms with Crippen molar-refractivity contribution in [1.82, 2.24) is 0 Å². The molecule has 2 nitrogen and oxygen atoms in total. The van der Waals surface area contributed by atoms with E-state index in [9.17, 15) is 0 Å². The van der Waals surface area contributed by atoms with E-state index >= 15 is 0 Å². The Hall–Kier alpha value is -1.02. The molecule has 1 rings (SSSR count). The van der Waals surface area contributed by atoms with Gasteiger partial charge < -0.3 is 10.6 Å². The third kappa shape index (κ3) is 4.69. The van der Waals surface area contributed by atoms with Crippen LogP contribution in [0.5, 0.6) is 0 Å². The van der Waals surface area contributed by atoms with Crippen LogP contribution in [0, 0.1) is 6.92 Å². The number of rotatable bonds is 7. The maximum Gasteiger partial charge on any atom is 0.0366 e. The molecule has 0 aliphatic heterocycles. The number of aryl methyl sites for hydroxylation is 1. The first kappa shape index (κ1) is 15.0. The molecule has 18 heavy (non-hydrogen) atoms. The molecule has 0 saturated carbocycles. The van der Waals surface area contributed by atoms with Crippen LogP contribution in [0.25, 0.3) is 0 Å². The van der Waals surface area contributed by atoms with Crippen LogP contribution in [0.2, 0.25) is 0 Å². The Morgan fingerprint density at radius 2 is 2.00 bits per heavy atom. The van der Waals surface area contributed by atoms with E-state index in [0.29, 0.717) is 0 Å². The Morgan fingerprint density at radius 3 is 2.56 bits per heavy atom. The molecule has 102 valence electrons. The number of nitrogens with zero attached hydrogens (tertiary/aromatic N) is 1. The van der Waals surface area contributed by atoms with E-state index in [2.05, 4.69) is 50.9 Å². The van der Waals surface area contributed by atoms with Crippen LogP contribution in [0.15, 0.2) is 18.2 Å². The third-order valence-corrected chi connectivity index (χ3v) is 3.41. The Kier molecular flexibility index (Phi) is 6.20. The van der Waals surface area contributed by atoms with Crippen molar-refractivity contribution in [2.45, 2.75) is 52.5 Å². The molecular formula is C16H28N2. The highest BCUT2D eigenvalue weighted by Crippen LogP contribution is 2.19. The third-order valence-electron chi connectivity index (χ3n) is 3.41. The number of anilines is 1. The molecule has 0 fully saturated rings. The molecule has 0 aliphatic carbocycles. The SMILES string of the molecule is CCCCCN(C)c1ccc(CC(C)N)c(C)c1. The lowest BCUT2D eigenvalue weighted by Gasteiger charge is -2.21. The van der Waals surface area contributed by atoms with Gasteiger partial charge in [0.15, 0.2) is 0 Å². The summed E-state index contributed by atoms with van der Waals surface area (Å²) in [5.74, 6) is 0. The van der Waals surface area contributed by atoms with Crippen LogP contribution >= 0.6 is 0 Å². The second kappa shape index (κ2) is 7.42. The lowest BCUT2D eigenvalue weighted by molar-refractivity contribution is 0.704. The monoisotopic (exact) mass is 248 g/mol. The summed E-state index contributed by atoms with van der Waals surface area (Å²) in [7, 11) is 2.18. The van der Waals surface area contributed by atoms with E-state index in [1.165, 1.54) is 36.1 Å². The lowest BCUT2D eigenvalue weighted by atomic mass is 10.0. The maximum atomic E-state index is 5.86. The van der Waals surface area contributed by atoms with Gasteiger partial charge in [-0.25, -0.2) is 0 Å². The molecule has 0 heterocycles. The number of unbranched alkanes of at least 4 members (excludes halogenated alkanes) is 2. The number of hydrogen-bond acceptors (Lipinski definition) is 2. The van der Waals surface area contributed by atoms with Crippen molar-refractivity contribution in [3.63, 3.8) is 0 Å². The van der Waals surface area contributed by atoms with Gasteiger partial charge in [0, 0.05) is 25.3 Å². The molecule has 1 atom stereocenters.